The zero-order valence-electron chi connectivity index (χ0n) is 24.5. The summed E-state index contributed by atoms with van der Waals surface area (Å²) in [5.41, 5.74) is 4.42. The Hall–Kier alpha value is -4.40. The van der Waals surface area contributed by atoms with Crippen LogP contribution in [0.3, 0.4) is 0 Å². The second kappa shape index (κ2) is 16.0. The summed E-state index contributed by atoms with van der Waals surface area (Å²) in [5.74, 6) is 1.63. The fraction of sp³-hybridized carbons (Fsp3) is 0.375. The maximum Gasteiger partial charge on any atom is 0.271 e. The molecule has 41 heavy (non-hydrogen) atoms. The number of benzene rings is 2. The smallest absolute Gasteiger partial charge is 0.271 e. The molecule has 1 N–H and O–H groups in total. The first-order chi connectivity index (χ1) is 19.8. The van der Waals surface area contributed by atoms with Gasteiger partial charge in [-0.1, -0.05) is 0 Å². The molecule has 0 saturated heterocycles. The van der Waals surface area contributed by atoms with Crippen LogP contribution in [0, 0.1) is 0 Å². The maximum atomic E-state index is 13.0. The Bertz CT molecular complexity index is 1270. The van der Waals surface area contributed by atoms with Gasteiger partial charge in [-0.15, -0.1) is 0 Å². The number of amides is 2. The second-order valence-electron chi connectivity index (χ2n) is 10.0. The molecule has 9 nitrogen and oxygen atoms in total. The van der Waals surface area contributed by atoms with Crippen molar-refractivity contribution in [3.05, 3.63) is 83.7 Å². The first-order valence-corrected chi connectivity index (χ1v) is 13.9. The van der Waals surface area contributed by atoms with Crippen LogP contribution >= 0.6 is 0 Å². The zero-order valence-corrected chi connectivity index (χ0v) is 24.5. The number of aromatic nitrogens is 1. The fourth-order valence-electron chi connectivity index (χ4n) is 4.27. The number of nitrogens with zero attached hydrogens (tertiary/aromatic N) is 3. The molecule has 0 aliphatic rings. The molecule has 2 amide bonds. The van der Waals surface area contributed by atoms with E-state index in [1.807, 2.05) is 56.9 Å². The molecule has 0 aliphatic heterocycles. The fourth-order valence-corrected chi connectivity index (χ4v) is 4.27. The van der Waals surface area contributed by atoms with E-state index < -0.39 is 0 Å². The number of hydrogen-bond donors (Lipinski definition) is 1. The highest BCUT2D eigenvalue weighted by atomic mass is 16.5. The third-order valence-corrected chi connectivity index (χ3v) is 6.28. The van der Waals surface area contributed by atoms with Crippen molar-refractivity contribution >= 4 is 18.0 Å². The number of carbonyl (C=O) groups is 2. The van der Waals surface area contributed by atoms with E-state index >= 15 is 0 Å². The molecular weight excluding hydrogens is 520 g/mol. The van der Waals surface area contributed by atoms with Crippen molar-refractivity contribution in [2.45, 2.75) is 59.0 Å². The van der Waals surface area contributed by atoms with Gasteiger partial charge < -0.3 is 19.1 Å². The Balaban J connectivity index is 1.35. The lowest BCUT2D eigenvalue weighted by atomic mass is 10.1. The number of unbranched alkanes of at least 4 members (excludes halogenated alkanes) is 2. The molecule has 2 aromatic carbocycles. The van der Waals surface area contributed by atoms with E-state index in [2.05, 4.69) is 15.5 Å². The Labute approximate surface area is 242 Å². The molecular formula is C32H40N4O5. The van der Waals surface area contributed by atoms with Crippen molar-refractivity contribution in [2.75, 3.05) is 20.3 Å². The molecule has 218 valence electrons. The summed E-state index contributed by atoms with van der Waals surface area (Å²) in [5, 5.41) is 3.99. The van der Waals surface area contributed by atoms with Crippen LogP contribution in [0.25, 0.3) is 0 Å². The summed E-state index contributed by atoms with van der Waals surface area (Å²) in [6.07, 6.45) is 7.39. The number of hydrogen-bond acceptors (Lipinski definition) is 7. The van der Waals surface area contributed by atoms with Gasteiger partial charge in [-0.05, 0) is 107 Å². The van der Waals surface area contributed by atoms with Crippen molar-refractivity contribution in [1.29, 1.82) is 0 Å². The van der Waals surface area contributed by atoms with Crippen molar-refractivity contribution in [3.63, 3.8) is 0 Å². The topological polar surface area (TPSA) is 102 Å². The zero-order chi connectivity index (χ0) is 29.6. The summed E-state index contributed by atoms with van der Waals surface area (Å²) in [6.45, 7) is 9.19. The first-order valence-electron chi connectivity index (χ1n) is 13.9. The molecule has 1 heterocycles. The molecule has 0 aliphatic carbocycles. The van der Waals surface area contributed by atoms with Crippen molar-refractivity contribution in [1.82, 2.24) is 15.3 Å². The molecule has 0 bridgehead atoms. The molecule has 0 fully saturated rings. The van der Waals surface area contributed by atoms with Crippen molar-refractivity contribution in [2.24, 2.45) is 5.10 Å². The number of hydrazone groups is 1. The number of rotatable bonds is 15. The van der Waals surface area contributed by atoms with E-state index in [9.17, 15) is 9.59 Å². The van der Waals surface area contributed by atoms with Crippen LogP contribution in [0.15, 0.2) is 72.1 Å². The molecule has 0 saturated carbocycles. The lowest BCUT2D eigenvalue weighted by molar-refractivity contribution is 0.0643. The first kappa shape index (κ1) is 31.1. The van der Waals surface area contributed by atoms with Crippen LogP contribution in [0.1, 0.15) is 73.2 Å². The number of methoxy groups -OCH3 is 1. The predicted molar refractivity (Wildman–Crippen MR) is 160 cm³/mol. The van der Waals surface area contributed by atoms with Crippen LogP contribution < -0.4 is 19.6 Å². The van der Waals surface area contributed by atoms with Gasteiger partial charge in [-0.2, -0.15) is 5.10 Å². The normalized spacial score (nSPS) is 11.1. The highest BCUT2D eigenvalue weighted by Gasteiger charge is 2.22. The average molecular weight is 561 g/mol. The van der Waals surface area contributed by atoms with Crippen LogP contribution in [0.4, 0.5) is 0 Å². The largest absolute Gasteiger partial charge is 0.494 e. The maximum absolute atomic E-state index is 13.0. The number of pyridine rings is 1. The van der Waals surface area contributed by atoms with E-state index in [1.54, 1.807) is 56.0 Å². The Morgan fingerprint density at radius 2 is 1.51 bits per heavy atom. The molecule has 0 spiro atoms. The van der Waals surface area contributed by atoms with E-state index in [0.29, 0.717) is 35.8 Å². The molecule has 0 radical (unpaired) electrons. The summed E-state index contributed by atoms with van der Waals surface area (Å²) in [7, 11) is 1.58. The van der Waals surface area contributed by atoms with Crippen LogP contribution in [0.2, 0.25) is 0 Å². The van der Waals surface area contributed by atoms with Crippen LogP contribution in [0.5, 0.6) is 17.2 Å². The van der Waals surface area contributed by atoms with E-state index in [-0.39, 0.29) is 23.9 Å². The van der Waals surface area contributed by atoms with Crippen LogP contribution in [-0.4, -0.2) is 60.3 Å². The minimum Gasteiger partial charge on any atom is -0.494 e. The Morgan fingerprint density at radius 3 is 2.15 bits per heavy atom. The molecule has 0 unspecified atom stereocenters. The second-order valence-corrected chi connectivity index (χ2v) is 10.0. The minimum atomic E-state index is -0.294. The number of nitrogens with one attached hydrogen (secondary N) is 1. The highest BCUT2D eigenvalue weighted by Crippen LogP contribution is 2.29. The van der Waals surface area contributed by atoms with E-state index in [1.165, 1.54) is 0 Å². The van der Waals surface area contributed by atoms with Gasteiger partial charge in [0, 0.05) is 35.6 Å². The van der Waals surface area contributed by atoms with E-state index in [0.717, 1.165) is 30.6 Å². The molecule has 9 heteroatoms. The molecule has 3 aromatic rings. The quantitative estimate of drug-likeness (QED) is 0.144. The number of ether oxygens (including phenoxy) is 3. The molecule has 1 aromatic heterocycles. The average Bonchev–Trinajstić information content (AvgIpc) is 2.97. The highest BCUT2D eigenvalue weighted by molar-refractivity contribution is 5.95. The lowest BCUT2D eigenvalue weighted by Crippen LogP contribution is -2.42. The third-order valence-electron chi connectivity index (χ3n) is 6.28. The van der Waals surface area contributed by atoms with Crippen LogP contribution in [-0.2, 0) is 0 Å². The number of carbonyl (C=O) groups excluding carboxylic acids is 2. The third kappa shape index (κ3) is 9.63. The summed E-state index contributed by atoms with van der Waals surface area (Å²) in [6, 6.07) is 16.3. The van der Waals surface area contributed by atoms with Gasteiger partial charge in [0.25, 0.3) is 11.8 Å². The van der Waals surface area contributed by atoms with Crippen molar-refractivity contribution < 1.29 is 23.8 Å². The SMILES string of the molecule is COc1cc(C(=O)N(C(C)C)C(C)C)ccc1OCCCCCOc1ccc(C=NNC(=O)c2ccncc2)cc1. The van der Waals surface area contributed by atoms with Gasteiger partial charge in [0.05, 0.1) is 26.5 Å². The summed E-state index contributed by atoms with van der Waals surface area (Å²) >= 11 is 0. The van der Waals surface area contributed by atoms with Gasteiger partial charge in [0.15, 0.2) is 11.5 Å². The van der Waals surface area contributed by atoms with Gasteiger partial charge >= 0.3 is 0 Å². The monoisotopic (exact) mass is 560 g/mol. The van der Waals surface area contributed by atoms with Crippen molar-refractivity contribution in [3.8, 4) is 17.2 Å². The van der Waals surface area contributed by atoms with E-state index in [4.69, 9.17) is 14.2 Å². The summed E-state index contributed by atoms with van der Waals surface area (Å²) in [4.78, 5) is 30.7. The van der Waals surface area contributed by atoms with Gasteiger partial charge in [0.1, 0.15) is 5.75 Å². The van der Waals surface area contributed by atoms with Gasteiger partial charge in [-0.3, -0.25) is 14.6 Å². The summed E-state index contributed by atoms with van der Waals surface area (Å²) < 4.78 is 17.3. The Morgan fingerprint density at radius 1 is 0.854 bits per heavy atom. The lowest BCUT2D eigenvalue weighted by Gasteiger charge is -2.31. The van der Waals surface area contributed by atoms with Gasteiger partial charge in [-0.25, -0.2) is 5.43 Å². The predicted octanol–water partition coefficient (Wildman–Crippen LogP) is 5.74. The van der Waals surface area contributed by atoms with Gasteiger partial charge in [0.2, 0.25) is 0 Å². The Kier molecular flexibility index (Phi) is 12.2. The standard InChI is InChI=1S/C32H40N4O5/c1-23(2)36(24(3)4)32(38)27-11-14-29(30(21-27)39-5)41-20-8-6-7-19-40-28-12-9-25(10-13-28)22-34-35-31(37)26-15-17-33-18-16-26/h9-18,21-24H,6-8,19-20H2,1-5H3,(H,35,37). The minimum absolute atomic E-state index is 0.0203. The molecule has 3 rings (SSSR count). The molecule has 0 atom stereocenters.